The molecule has 0 saturated heterocycles. The zero-order chi connectivity index (χ0) is 8.55. The minimum atomic E-state index is 0.350. The topological polar surface area (TPSA) is 55.1 Å². The summed E-state index contributed by atoms with van der Waals surface area (Å²) in [5.41, 5.74) is 0.554. The van der Waals surface area contributed by atoms with Gasteiger partial charge in [0.1, 0.15) is 0 Å². The number of anilines is 1. The zero-order valence-electron chi connectivity index (χ0n) is 5.70. The van der Waals surface area contributed by atoms with E-state index < -0.39 is 0 Å². The van der Waals surface area contributed by atoms with Crippen molar-refractivity contribution in [3.8, 4) is 0 Å². The molecule has 2 aromatic heterocycles. The van der Waals surface area contributed by atoms with E-state index in [2.05, 4.69) is 18.6 Å². The number of nitrogens with zero attached hydrogens (tertiary/aromatic N) is 4. The maximum atomic E-state index is 5.76. The quantitative estimate of drug-likeness (QED) is 0.640. The summed E-state index contributed by atoms with van der Waals surface area (Å²) >= 11 is 7.71. The Morgan fingerprint density at radius 2 is 2.42 bits per heavy atom. The van der Waals surface area contributed by atoms with E-state index in [0.717, 1.165) is 0 Å². The second-order valence-electron chi connectivity index (χ2n) is 2.02. The number of hydrogen-bond donors (Lipinski definition) is 1. The molecule has 0 aromatic carbocycles. The normalized spacial score (nSPS) is 10.5. The molecule has 12 heavy (non-hydrogen) atoms. The molecule has 0 radical (unpaired) electrons. The predicted molar refractivity (Wildman–Crippen MR) is 53.4 cm³/mol. The van der Waals surface area contributed by atoms with E-state index in [1.165, 1.54) is 0 Å². The Kier molecular flexibility index (Phi) is 2.01. The smallest absolute Gasteiger partial charge is 0.251 e. The van der Waals surface area contributed by atoms with E-state index in [-0.39, 0.29) is 0 Å². The van der Waals surface area contributed by atoms with Crippen LogP contribution < -0.4 is 3.53 Å². The summed E-state index contributed by atoms with van der Waals surface area (Å²) in [6.45, 7) is 0. The third-order valence-electron chi connectivity index (χ3n) is 1.30. The molecular weight excluding hydrogens is 292 g/mol. The van der Waals surface area contributed by atoms with Crippen LogP contribution in [0.5, 0.6) is 0 Å². The fraction of sp³-hybridized carbons (Fsp3) is 0. The van der Waals surface area contributed by atoms with Gasteiger partial charge >= 0.3 is 0 Å². The van der Waals surface area contributed by atoms with Crippen LogP contribution in [0.4, 0.5) is 5.95 Å². The number of rotatable bonds is 1. The minimum absolute atomic E-state index is 0.350. The van der Waals surface area contributed by atoms with Crippen LogP contribution in [0.25, 0.3) is 5.65 Å². The Labute approximate surface area is 86.6 Å². The van der Waals surface area contributed by atoms with Gasteiger partial charge in [-0.05, 0) is 0 Å². The van der Waals surface area contributed by atoms with Gasteiger partial charge in [-0.25, -0.2) is 9.50 Å². The van der Waals surface area contributed by atoms with Crippen molar-refractivity contribution in [3.63, 3.8) is 0 Å². The first-order valence-corrected chi connectivity index (χ1v) is 4.50. The van der Waals surface area contributed by atoms with Gasteiger partial charge in [0, 0.05) is 12.4 Å². The fourth-order valence-corrected chi connectivity index (χ4v) is 1.24. The van der Waals surface area contributed by atoms with Gasteiger partial charge in [-0.15, -0.1) is 5.10 Å². The highest BCUT2D eigenvalue weighted by Crippen LogP contribution is 2.13. The molecule has 0 amide bonds. The molecule has 62 valence electrons. The summed E-state index contributed by atoms with van der Waals surface area (Å²) in [4.78, 5) is 7.94. The SMILES string of the molecule is Clc1nccn2nc(NI)nc12. The van der Waals surface area contributed by atoms with E-state index in [0.29, 0.717) is 16.7 Å². The maximum Gasteiger partial charge on any atom is 0.251 e. The van der Waals surface area contributed by atoms with Gasteiger partial charge in [-0.2, -0.15) is 4.98 Å². The Morgan fingerprint density at radius 3 is 3.08 bits per heavy atom. The van der Waals surface area contributed by atoms with Gasteiger partial charge in [0.25, 0.3) is 5.95 Å². The highest BCUT2D eigenvalue weighted by Gasteiger charge is 2.05. The molecule has 0 aliphatic carbocycles. The van der Waals surface area contributed by atoms with Crippen molar-refractivity contribution in [2.75, 3.05) is 3.53 Å². The van der Waals surface area contributed by atoms with E-state index in [9.17, 15) is 0 Å². The summed E-state index contributed by atoms with van der Waals surface area (Å²) in [6, 6.07) is 0. The van der Waals surface area contributed by atoms with Gasteiger partial charge in [0.15, 0.2) is 10.8 Å². The van der Waals surface area contributed by atoms with Crippen LogP contribution in [0.15, 0.2) is 12.4 Å². The predicted octanol–water partition coefficient (Wildman–Crippen LogP) is 1.54. The molecule has 7 heteroatoms. The lowest BCUT2D eigenvalue weighted by atomic mass is 10.7. The van der Waals surface area contributed by atoms with Crippen LogP contribution in [0.3, 0.4) is 0 Å². The summed E-state index contributed by atoms with van der Waals surface area (Å²) in [7, 11) is 0. The first kappa shape index (κ1) is 7.99. The summed E-state index contributed by atoms with van der Waals surface area (Å²) in [5, 5.41) is 4.40. The fourth-order valence-electron chi connectivity index (χ4n) is 0.828. The van der Waals surface area contributed by atoms with Crippen LogP contribution in [-0.2, 0) is 0 Å². The van der Waals surface area contributed by atoms with Gasteiger partial charge in [-0.3, -0.25) is 3.53 Å². The minimum Gasteiger partial charge on any atom is -0.296 e. The van der Waals surface area contributed by atoms with Gasteiger partial charge in [0.2, 0.25) is 0 Å². The van der Waals surface area contributed by atoms with Crippen LogP contribution in [-0.4, -0.2) is 19.6 Å². The molecule has 1 N–H and O–H groups in total. The van der Waals surface area contributed by atoms with E-state index in [1.54, 1.807) is 16.9 Å². The summed E-state index contributed by atoms with van der Waals surface area (Å²) in [5.74, 6) is 0.519. The number of fused-ring (bicyclic) bond motifs is 1. The van der Waals surface area contributed by atoms with Crippen molar-refractivity contribution in [1.29, 1.82) is 0 Å². The van der Waals surface area contributed by atoms with Crippen molar-refractivity contribution in [2.45, 2.75) is 0 Å². The molecule has 2 aromatic rings. The third kappa shape index (κ3) is 1.20. The molecular formula is C5H3ClIN5. The van der Waals surface area contributed by atoms with Crippen molar-refractivity contribution >= 4 is 46.1 Å². The third-order valence-corrected chi connectivity index (χ3v) is 2.05. The van der Waals surface area contributed by atoms with Gasteiger partial charge < -0.3 is 0 Å². The zero-order valence-corrected chi connectivity index (χ0v) is 8.61. The second kappa shape index (κ2) is 3.02. The lowest BCUT2D eigenvalue weighted by Gasteiger charge is -1.89. The van der Waals surface area contributed by atoms with Crippen LogP contribution >= 0.6 is 34.5 Å². The monoisotopic (exact) mass is 295 g/mol. The molecule has 0 aliphatic rings. The molecule has 0 spiro atoms. The lowest BCUT2D eigenvalue weighted by Crippen LogP contribution is -1.88. The maximum absolute atomic E-state index is 5.76. The molecule has 0 fully saturated rings. The Morgan fingerprint density at radius 1 is 1.58 bits per heavy atom. The average Bonchev–Trinajstić information content (AvgIpc) is 2.49. The number of halogens is 2. The first-order valence-electron chi connectivity index (χ1n) is 3.05. The Hall–Kier alpha value is -0.630. The molecule has 0 bridgehead atoms. The Bertz CT molecular complexity index is 413. The van der Waals surface area contributed by atoms with Crippen LogP contribution in [0.1, 0.15) is 0 Å². The van der Waals surface area contributed by atoms with E-state index in [1.807, 2.05) is 22.9 Å². The highest BCUT2D eigenvalue weighted by molar-refractivity contribution is 14.1. The summed E-state index contributed by atoms with van der Waals surface area (Å²) in [6.07, 6.45) is 3.26. The van der Waals surface area contributed by atoms with Crippen molar-refractivity contribution in [2.24, 2.45) is 0 Å². The first-order chi connectivity index (χ1) is 5.81. The Balaban J connectivity index is 2.74. The molecule has 2 rings (SSSR count). The second-order valence-corrected chi connectivity index (χ2v) is 2.91. The molecule has 2 heterocycles. The van der Waals surface area contributed by atoms with Gasteiger partial charge in [0.05, 0.1) is 22.9 Å². The standard InChI is InChI=1S/C5H3ClIN5/c6-3-4-9-5(10-7)11-12(4)2-1-8-3/h1-2H,(H,10,11). The van der Waals surface area contributed by atoms with E-state index in [4.69, 9.17) is 11.6 Å². The lowest BCUT2D eigenvalue weighted by molar-refractivity contribution is 0.953. The molecule has 0 saturated carbocycles. The van der Waals surface area contributed by atoms with Crippen LogP contribution in [0, 0.1) is 0 Å². The van der Waals surface area contributed by atoms with Crippen molar-refractivity contribution in [1.82, 2.24) is 19.6 Å². The number of hydrogen-bond acceptors (Lipinski definition) is 4. The average molecular weight is 295 g/mol. The van der Waals surface area contributed by atoms with E-state index >= 15 is 0 Å². The number of nitrogens with one attached hydrogen (secondary N) is 1. The largest absolute Gasteiger partial charge is 0.296 e. The molecule has 0 atom stereocenters. The molecule has 5 nitrogen and oxygen atoms in total. The molecule has 0 aliphatic heterocycles. The highest BCUT2D eigenvalue weighted by atomic mass is 127. The van der Waals surface area contributed by atoms with Crippen molar-refractivity contribution in [3.05, 3.63) is 17.5 Å². The summed E-state index contributed by atoms with van der Waals surface area (Å²) < 4.78 is 4.35. The van der Waals surface area contributed by atoms with Crippen molar-refractivity contribution < 1.29 is 0 Å². The molecule has 0 unspecified atom stereocenters. The number of aromatic nitrogens is 4. The van der Waals surface area contributed by atoms with Gasteiger partial charge in [-0.1, -0.05) is 11.6 Å². The van der Waals surface area contributed by atoms with Crippen LogP contribution in [0.2, 0.25) is 5.15 Å².